The van der Waals surface area contributed by atoms with E-state index in [0.29, 0.717) is 12.2 Å². The van der Waals surface area contributed by atoms with E-state index >= 15 is 0 Å². The summed E-state index contributed by atoms with van der Waals surface area (Å²) in [5, 5.41) is 0.935. The molecule has 0 radical (unpaired) electrons. The zero-order valence-electron chi connectivity index (χ0n) is 14.5. The molecule has 1 aliphatic heterocycles. The summed E-state index contributed by atoms with van der Waals surface area (Å²) in [6.45, 7) is 2.79. The highest BCUT2D eigenvalue weighted by Gasteiger charge is 2.36. The zero-order chi connectivity index (χ0) is 18.4. The maximum atomic E-state index is 11.9. The Balaban J connectivity index is 1.69. The van der Waals surface area contributed by atoms with Gasteiger partial charge in [0.2, 0.25) is 0 Å². The summed E-state index contributed by atoms with van der Waals surface area (Å²) in [7, 11) is 0. The van der Waals surface area contributed by atoms with Crippen molar-refractivity contribution in [2.24, 2.45) is 0 Å². The number of aryl methyl sites for hydroxylation is 1. The van der Waals surface area contributed by atoms with Crippen molar-refractivity contribution in [1.82, 2.24) is 24.8 Å². The van der Waals surface area contributed by atoms with E-state index < -0.39 is 0 Å². The first-order valence-electron chi connectivity index (χ1n) is 8.55. The number of nitrogens with one attached hydrogen (secondary N) is 1. The lowest BCUT2D eigenvalue weighted by molar-refractivity contribution is 0.314. The Morgan fingerprint density at radius 1 is 1.41 bits per heavy atom. The summed E-state index contributed by atoms with van der Waals surface area (Å²) < 4.78 is 1.17. The molecular formula is C19H15N5OS2. The number of carbonyl (C=O) groups excluding carboxylic acids is 1. The summed E-state index contributed by atoms with van der Waals surface area (Å²) in [5.41, 5.74) is 6.46. The molecule has 4 heterocycles. The van der Waals surface area contributed by atoms with Crippen molar-refractivity contribution in [2.45, 2.75) is 19.4 Å². The third-order valence-corrected chi connectivity index (χ3v) is 6.88. The molecule has 4 aromatic rings. The van der Waals surface area contributed by atoms with Crippen molar-refractivity contribution in [1.29, 1.82) is 0 Å². The van der Waals surface area contributed by atoms with Gasteiger partial charge in [-0.3, -0.25) is 4.98 Å². The number of rotatable bonds is 3. The van der Waals surface area contributed by atoms with Crippen LogP contribution in [0.1, 0.15) is 32.9 Å². The summed E-state index contributed by atoms with van der Waals surface area (Å²) in [5.74, 6) is 2.14. The summed E-state index contributed by atoms with van der Waals surface area (Å²) >= 11 is 3.10. The molecule has 0 saturated carbocycles. The first-order chi connectivity index (χ1) is 13.3. The van der Waals surface area contributed by atoms with Crippen LogP contribution in [0, 0.1) is 6.92 Å². The SMILES string of the molecule is Cc1cccc2nc([C@@H]3c4nc[nH]c4CCN3C(=C=O)c3cncs3)sc12. The van der Waals surface area contributed by atoms with Crippen molar-refractivity contribution in [3.63, 3.8) is 0 Å². The van der Waals surface area contributed by atoms with E-state index in [0.717, 1.165) is 33.2 Å². The molecule has 0 amide bonds. The normalized spacial score (nSPS) is 16.3. The number of aromatic amines is 1. The Bertz CT molecular complexity index is 1170. The quantitative estimate of drug-likeness (QED) is 0.538. The summed E-state index contributed by atoms with van der Waals surface area (Å²) in [6, 6.07) is 5.93. The van der Waals surface area contributed by atoms with Crippen LogP contribution in [0.4, 0.5) is 0 Å². The lowest BCUT2D eigenvalue weighted by atomic mass is 10.0. The van der Waals surface area contributed by atoms with Gasteiger partial charge in [0, 0.05) is 24.9 Å². The van der Waals surface area contributed by atoms with Gasteiger partial charge in [-0.25, -0.2) is 14.8 Å². The highest BCUT2D eigenvalue weighted by Crippen LogP contribution is 2.41. The first-order valence-corrected chi connectivity index (χ1v) is 10.2. The van der Waals surface area contributed by atoms with Gasteiger partial charge in [-0.15, -0.1) is 22.7 Å². The molecular weight excluding hydrogens is 378 g/mol. The molecule has 27 heavy (non-hydrogen) atoms. The Kier molecular flexibility index (Phi) is 3.89. The van der Waals surface area contributed by atoms with Crippen molar-refractivity contribution in [3.8, 4) is 0 Å². The molecule has 0 saturated heterocycles. The Morgan fingerprint density at radius 3 is 3.11 bits per heavy atom. The van der Waals surface area contributed by atoms with Crippen LogP contribution in [0.15, 0.2) is 36.2 Å². The Labute approximate surface area is 163 Å². The molecule has 1 aromatic carbocycles. The van der Waals surface area contributed by atoms with Crippen LogP contribution in [0.2, 0.25) is 0 Å². The lowest BCUT2D eigenvalue weighted by Crippen LogP contribution is -2.35. The monoisotopic (exact) mass is 393 g/mol. The molecule has 8 heteroatoms. The topological polar surface area (TPSA) is 74.8 Å². The standard InChI is InChI=1S/C19H15N5OS2/c1-11-3-2-4-13-18(11)27-19(23-13)17-16-12(21-9-22-16)5-6-24(17)14(8-25)15-7-20-10-26-15/h2-4,7,9-10,17H,5-6H2,1H3,(H,21,22)/t17-/m0/s1. The largest absolute Gasteiger partial charge is 0.348 e. The fraction of sp³-hybridized carbons (Fsp3) is 0.211. The fourth-order valence-corrected chi connectivity index (χ4v) is 5.35. The molecule has 0 spiro atoms. The van der Waals surface area contributed by atoms with Gasteiger partial charge in [0.05, 0.1) is 32.6 Å². The van der Waals surface area contributed by atoms with Gasteiger partial charge in [0.1, 0.15) is 16.7 Å². The van der Waals surface area contributed by atoms with Crippen LogP contribution in [-0.4, -0.2) is 37.3 Å². The molecule has 0 aliphatic carbocycles. The fourth-order valence-electron chi connectivity index (χ4n) is 3.57. The van der Waals surface area contributed by atoms with Gasteiger partial charge in [-0.05, 0) is 18.6 Å². The molecule has 1 atom stereocenters. The summed E-state index contributed by atoms with van der Waals surface area (Å²) in [6.07, 6.45) is 4.22. The van der Waals surface area contributed by atoms with Gasteiger partial charge >= 0.3 is 0 Å². The number of aromatic nitrogens is 4. The highest BCUT2D eigenvalue weighted by molar-refractivity contribution is 7.18. The molecule has 6 nitrogen and oxygen atoms in total. The van der Waals surface area contributed by atoms with E-state index in [1.807, 2.05) is 12.1 Å². The third-order valence-electron chi connectivity index (χ3n) is 4.84. The van der Waals surface area contributed by atoms with Crippen molar-refractivity contribution in [2.75, 3.05) is 6.54 Å². The van der Waals surface area contributed by atoms with E-state index in [1.165, 1.54) is 21.6 Å². The van der Waals surface area contributed by atoms with Gasteiger partial charge in [0.25, 0.3) is 0 Å². The molecule has 5 rings (SSSR count). The Morgan fingerprint density at radius 2 is 2.33 bits per heavy atom. The lowest BCUT2D eigenvalue weighted by Gasteiger charge is -2.35. The van der Waals surface area contributed by atoms with Gasteiger partial charge < -0.3 is 9.88 Å². The number of fused-ring (bicyclic) bond motifs is 2. The number of thiazole rings is 2. The minimum atomic E-state index is -0.213. The summed E-state index contributed by atoms with van der Waals surface area (Å²) in [4.78, 5) is 31.6. The molecule has 1 N–H and O–H groups in total. The van der Waals surface area contributed by atoms with Gasteiger partial charge in [-0.1, -0.05) is 12.1 Å². The smallest absolute Gasteiger partial charge is 0.152 e. The number of H-pyrrole nitrogens is 1. The van der Waals surface area contributed by atoms with E-state index in [2.05, 4.69) is 38.8 Å². The minimum absolute atomic E-state index is 0.213. The van der Waals surface area contributed by atoms with E-state index in [-0.39, 0.29) is 6.04 Å². The minimum Gasteiger partial charge on any atom is -0.348 e. The highest BCUT2D eigenvalue weighted by atomic mass is 32.1. The van der Waals surface area contributed by atoms with Crippen LogP contribution in [-0.2, 0) is 11.2 Å². The van der Waals surface area contributed by atoms with Gasteiger partial charge in [0.15, 0.2) is 5.94 Å². The molecule has 0 unspecified atom stereocenters. The predicted octanol–water partition coefficient (Wildman–Crippen LogP) is 3.60. The van der Waals surface area contributed by atoms with E-state index in [4.69, 9.17) is 4.98 Å². The molecule has 0 fully saturated rings. The second-order valence-electron chi connectivity index (χ2n) is 6.40. The van der Waals surface area contributed by atoms with Crippen molar-refractivity contribution in [3.05, 3.63) is 63.1 Å². The zero-order valence-corrected chi connectivity index (χ0v) is 16.1. The average Bonchev–Trinajstić information content (AvgIpc) is 3.42. The van der Waals surface area contributed by atoms with Crippen LogP contribution in [0.3, 0.4) is 0 Å². The number of nitrogens with zero attached hydrogens (tertiary/aromatic N) is 4. The van der Waals surface area contributed by atoms with Gasteiger partial charge in [-0.2, -0.15) is 0 Å². The van der Waals surface area contributed by atoms with Crippen LogP contribution < -0.4 is 0 Å². The number of imidazole rings is 1. The van der Waals surface area contributed by atoms with Crippen LogP contribution >= 0.6 is 22.7 Å². The number of hydrogen-bond acceptors (Lipinski definition) is 7. The Hall–Kier alpha value is -2.80. The van der Waals surface area contributed by atoms with Crippen LogP contribution in [0.25, 0.3) is 15.9 Å². The maximum Gasteiger partial charge on any atom is 0.152 e. The van der Waals surface area contributed by atoms with Crippen molar-refractivity contribution < 1.29 is 4.79 Å². The average molecular weight is 393 g/mol. The van der Waals surface area contributed by atoms with Crippen LogP contribution in [0.5, 0.6) is 0 Å². The predicted molar refractivity (Wildman–Crippen MR) is 106 cm³/mol. The first kappa shape index (κ1) is 16.4. The molecule has 0 bridgehead atoms. The van der Waals surface area contributed by atoms with E-state index in [1.54, 1.807) is 29.4 Å². The third kappa shape index (κ3) is 2.61. The molecule has 1 aliphatic rings. The number of benzene rings is 1. The number of hydrogen-bond donors (Lipinski definition) is 1. The molecule has 3 aromatic heterocycles. The maximum absolute atomic E-state index is 11.9. The van der Waals surface area contributed by atoms with E-state index in [9.17, 15) is 4.79 Å². The molecule has 134 valence electrons. The second-order valence-corrected chi connectivity index (χ2v) is 8.32. The van der Waals surface area contributed by atoms with Crippen molar-refractivity contribution >= 4 is 44.5 Å². The second kappa shape index (κ2) is 6.42.